The van der Waals surface area contributed by atoms with Gasteiger partial charge in [0.05, 0.1) is 5.02 Å². The Hall–Kier alpha value is -3.29. The number of fused-ring (bicyclic) bond motifs is 3. The van der Waals surface area contributed by atoms with Crippen molar-refractivity contribution >= 4 is 29.1 Å². The molecule has 0 amide bonds. The first-order valence-corrected chi connectivity index (χ1v) is 10.9. The molecule has 2 aromatic heterocycles. The van der Waals surface area contributed by atoms with Crippen LogP contribution in [0.25, 0.3) is 22.6 Å². The Labute approximate surface area is 188 Å². The molecule has 6 nitrogen and oxygen atoms in total. The van der Waals surface area contributed by atoms with Gasteiger partial charge in [-0.05, 0) is 30.3 Å². The minimum absolute atomic E-state index is 0.389. The zero-order valence-corrected chi connectivity index (χ0v) is 17.9. The van der Waals surface area contributed by atoms with E-state index in [0.717, 1.165) is 16.8 Å². The van der Waals surface area contributed by atoms with Crippen molar-refractivity contribution in [2.45, 2.75) is 11.4 Å². The molecule has 0 aliphatic carbocycles. The first kappa shape index (κ1) is 19.7. The van der Waals surface area contributed by atoms with Crippen LogP contribution < -0.4 is 10.1 Å². The average molecular weight is 449 g/mol. The van der Waals surface area contributed by atoms with Crippen LogP contribution in [0.4, 0.5) is 5.69 Å². The lowest BCUT2D eigenvalue weighted by molar-refractivity contribution is 0.196. The summed E-state index contributed by atoms with van der Waals surface area (Å²) in [6.07, 6.45) is 1.19. The Morgan fingerprint density at radius 3 is 2.68 bits per heavy atom. The lowest BCUT2D eigenvalue weighted by atomic mass is 10.1. The van der Waals surface area contributed by atoms with E-state index >= 15 is 0 Å². The Kier molecular flexibility index (Phi) is 5.36. The van der Waals surface area contributed by atoms with E-state index in [1.54, 1.807) is 6.08 Å². The fourth-order valence-corrected chi connectivity index (χ4v) is 4.01. The van der Waals surface area contributed by atoms with Crippen LogP contribution in [-0.2, 0) is 0 Å². The van der Waals surface area contributed by atoms with Gasteiger partial charge >= 0.3 is 0 Å². The second-order valence-electron chi connectivity index (χ2n) is 6.72. The summed E-state index contributed by atoms with van der Waals surface area (Å²) in [4.78, 5) is 4.58. The van der Waals surface area contributed by atoms with Crippen LogP contribution >= 0.6 is 23.4 Å². The molecule has 154 valence electrons. The number of benzene rings is 2. The monoisotopic (exact) mass is 448 g/mol. The van der Waals surface area contributed by atoms with Crippen LogP contribution in [0.3, 0.4) is 0 Å². The molecule has 31 heavy (non-hydrogen) atoms. The van der Waals surface area contributed by atoms with E-state index in [0.29, 0.717) is 39.0 Å². The van der Waals surface area contributed by atoms with Gasteiger partial charge in [-0.15, -0.1) is 16.8 Å². The maximum Gasteiger partial charge on any atom is 0.247 e. The molecule has 3 heterocycles. The quantitative estimate of drug-likeness (QED) is 0.286. The molecular formula is C23H17ClN4O2S. The topological polar surface area (TPSA) is 73.1 Å². The molecule has 0 unspecified atom stereocenters. The van der Waals surface area contributed by atoms with Crippen molar-refractivity contribution in [1.29, 1.82) is 0 Å². The molecule has 1 atom stereocenters. The van der Waals surface area contributed by atoms with Crippen LogP contribution in [-0.4, -0.2) is 20.9 Å². The summed E-state index contributed by atoms with van der Waals surface area (Å²) in [6, 6.07) is 19.1. The molecule has 1 N–H and O–H groups in total. The van der Waals surface area contributed by atoms with E-state index in [1.165, 1.54) is 11.8 Å². The molecule has 0 saturated heterocycles. The Morgan fingerprint density at radius 1 is 1.03 bits per heavy atom. The molecule has 0 fully saturated rings. The van der Waals surface area contributed by atoms with Crippen molar-refractivity contribution in [3.63, 3.8) is 0 Å². The summed E-state index contributed by atoms with van der Waals surface area (Å²) >= 11 is 7.77. The molecular weight excluding hydrogens is 432 g/mol. The third-order valence-electron chi connectivity index (χ3n) is 4.69. The summed E-state index contributed by atoms with van der Waals surface area (Å²) in [5, 5.41) is 13.1. The molecule has 1 aliphatic heterocycles. The van der Waals surface area contributed by atoms with Crippen LogP contribution in [0.1, 0.15) is 12.0 Å². The Morgan fingerprint density at radius 2 is 1.84 bits per heavy atom. The number of hydrogen-bond donors (Lipinski definition) is 1. The zero-order chi connectivity index (χ0) is 21.2. The predicted octanol–water partition coefficient (Wildman–Crippen LogP) is 6.23. The largest absolute Gasteiger partial charge is 0.455 e. The molecule has 0 radical (unpaired) electrons. The van der Waals surface area contributed by atoms with Gasteiger partial charge in [0.2, 0.25) is 17.3 Å². The van der Waals surface area contributed by atoms with Crippen molar-refractivity contribution in [3.05, 3.63) is 84.1 Å². The van der Waals surface area contributed by atoms with Gasteiger partial charge in [0.1, 0.15) is 5.76 Å². The number of para-hydroxylation sites is 1. The third kappa shape index (κ3) is 3.89. The highest BCUT2D eigenvalue weighted by Crippen LogP contribution is 2.40. The summed E-state index contributed by atoms with van der Waals surface area (Å²) in [7, 11) is 0. The van der Waals surface area contributed by atoms with Gasteiger partial charge in [0.25, 0.3) is 0 Å². The Balaban J connectivity index is 1.55. The van der Waals surface area contributed by atoms with Crippen LogP contribution in [0.2, 0.25) is 5.02 Å². The number of hydrogen-bond acceptors (Lipinski definition) is 7. The highest BCUT2D eigenvalue weighted by atomic mass is 35.5. The molecule has 0 spiro atoms. The number of furan rings is 1. The van der Waals surface area contributed by atoms with E-state index in [1.807, 2.05) is 60.7 Å². The zero-order valence-electron chi connectivity index (χ0n) is 16.3. The van der Waals surface area contributed by atoms with Crippen molar-refractivity contribution < 1.29 is 9.15 Å². The van der Waals surface area contributed by atoms with Crippen LogP contribution in [0, 0.1) is 0 Å². The highest BCUT2D eigenvalue weighted by Gasteiger charge is 2.28. The van der Waals surface area contributed by atoms with Crippen molar-refractivity contribution in [2.24, 2.45) is 0 Å². The van der Waals surface area contributed by atoms with Gasteiger partial charge < -0.3 is 14.5 Å². The van der Waals surface area contributed by atoms with E-state index in [2.05, 4.69) is 27.1 Å². The highest BCUT2D eigenvalue weighted by molar-refractivity contribution is 7.99. The van der Waals surface area contributed by atoms with Crippen molar-refractivity contribution in [3.8, 4) is 28.5 Å². The number of ether oxygens (including phenoxy) is 1. The maximum absolute atomic E-state index is 6.33. The van der Waals surface area contributed by atoms with Gasteiger partial charge in [-0.25, -0.2) is 0 Å². The first-order chi connectivity index (χ1) is 15.2. The fraction of sp³-hybridized carbons (Fsp3) is 0.0870. The minimum Gasteiger partial charge on any atom is -0.455 e. The van der Waals surface area contributed by atoms with Crippen LogP contribution in [0.5, 0.6) is 5.88 Å². The second-order valence-corrected chi connectivity index (χ2v) is 8.11. The fourth-order valence-electron chi connectivity index (χ4n) is 3.27. The van der Waals surface area contributed by atoms with Gasteiger partial charge in [0.15, 0.2) is 11.5 Å². The van der Waals surface area contributed by atoms with Gasteiger partial charge in [-0.1, -0.05) is 59.8 Å². The van der Waals surface area contributed by atoms with Gasteiger partial charge in [-0.3, -0.25) is 0 Å². The van der Waals surface area contributed by atoms with Gasteiger partial charge in [-0.2, -0.15) is 4.98 Å². The summed E-state index contributed by atoms with van der Waals surface area (Å²) in [5.41, 5.74) is 3.10. The van der Waals surface area contributed by atoms with Crippen LogP contribution in [0.15, 0.2) is 82.9 Å². The number of nitrogens with zero attached hydrogens (tertiary/aromatic N) is 3. The summed E-state index contributed by atoms with van der Waals surface area (Å²) in [6.45, 7) is 3.73. The predicted molar refractivity (Wildman–Crippen MR) is 122 cm³/mol. The lowest BCUT2D eigenvalue weighted by Gasteiger charge is -2.16. The SMILES string of the molecule is C=CCSc1nnc2c(n1)O[C@@H](c1ccc(-c3ccccc3Cl)o1)Nc1ccccc1-2. The smallest absolute Gasteiger partial charge is 0.247 e. The number of rotatable bonds is 5. The van der Waals surface area contributed by atoms with E-state index < -0.39 is 6.23 Å². The lowest BCUT2D eigenvalue weighted by Crippen LogP contribution is -2.16. The van der Waals surface area contributed by atoms with Crippen molar-refractivity contribution in [1.82, 2.24) is 15.2 Å². The second kappa shape index (κ2) is 8.45. The maximum atomic E-state index is 6.33. The molecule has 8 heteroatoms. The first-order valence-electron chi connectivity index (χ1n) is 9.58. The normalized spacial score (nSPS) is 14.5. The standard InChI is InChI=1S/C23H17ClN4O2S/c1-2-13-31-23-26-22-20(27-28-23)15-8-4-6-10-17(15)25-21(30-22)19-12-11-18(29-19)14-7-3-5-9-16(14)24/h2-12,21,25H,1,13H2/t21-/m0/s1. The minimum atomic E-state index is -0.604. The number of aromatic nitrogens is 3. The molecule has 0 bridgehead atoms. The number of halogens is 1. The summed E-state index contributed by atoms with van der Waals surface area (Å²) in [5.74, 6) is 2.32. The molecule has 0 saturated carbocycles. The molecule has 1 aliphatic rings. The molecule has 5 rings (SSSR count). The van der Waals surface area contributed by atoms with E-state index in [9.17, 15) is 0 Å². The average Bonchev–Trinajstić information content (AvgIpc) is 3.22. The van der Waals surface area contributed by atoms with E-state index in [4.69, 9.17) is 20.8 Å². The number of nitrogens with one attached hydrogen (secondary N) is 1. The van der Waals surface area contributed by atoms with Crippen molar-refractivity contribution in [2.75, 3.05) is 11.1 Å². The van der Waals surface area contributed by atoms with E-state index in [-0.39, 0.29) is 0 Å². The number of anilines is 1. The number of thioether (sulfide) groups is 1. The molecule has 2 aromatic carbocycles. The molecule has 4 aromatic rings. The van der Waals surface area contributed by atoms with Gasteiger partial charge in [0, 0.05) is 22.6 Å². The summed E-state index contributed by atoms with van der Waals surface area (Å²) < 4.78 is 12.4. The third-order valence-corrected chi connectivity index (χ3v) is 5.85. The Bertz CT molecular complexity index is 1260.